The first-order valence-electron chi connectivity index (χ1n) is 7.67. The number of carbonyl (C=O) groups excluding carboxylic acids is 1. The number of rotatable bonds is 5. The van der Waals surface area contributed by atoms with Crippen LogP contribution in [-0.4, -0.2) is 37.9 Å². The summed E-state index contributed by atoms with van der Waals surface area (Å²) in [5.74, 6) is 1.37. The molecule has 23 heavy (non-hydrogen) atoms. The van der Waals surface area contributed by atoms with Crippen LogP contribution in [0.3, 0.4) is 0 Å². The van der Waals surface area contributed by atoms with Gasteiger partial charge in [0.05, 0.1) is 5.75 Å². The highest BCUT2D eigenvalue weighted by atomic mass is 32.2. The van der Waals surface area contributed by atoms with Gasteiger partial charge in [0, 0.05) is 19.6 Å². The summed E-state index contributed by atoms with van der Waals surface area (Å²) in [5, 5.41) is 8.99. The summed E-state index contributed by atoms with van der Waals surface area (Å²) in [6.07, 6.45) is 2.74. The van der Waals surface area contributed by atoms with Crippen molar-refractivity contribution in [2.45, 2.75) is 31.6 Å². The van der Waals surface area contributed by atoms with Gasteiger partial charge in [0.25, 0.3) is 0 Å². The molecule has 1 aliphatic heterocycles. The van der Waals surface area contributed by atoms with Crippen molar-refractivity contribution in [3.8, 4) is 0 Å². The Morgan fingerprint density at radius 1 is 1.35 bits per heavy atom. The van der Waals surface area contributed by atoms with E-state index in [1.54, 1.807) is 0 Å². The summed E-state index contributed by atoms with van der Waals surface area (Å²) in [7, 11) is 0. The van der Waals surface area contributed by atoms with Crippen molar-refractivity contribution in [2.75, 3.05) is 12.3 Å². The molecule has 0 N–H and O–H groups in total. The van der Waals surface area contributed by atoms with E-state index in [-0.39, 0.29) is 5.91 Å². The van der Waals surface area contributed by atoms with Gasteiger partial charge in [0.2, 0.25) is 5.91 Å². The highest BCUT2D eigenvalue weighted by Crippen LogP contribution is 2.21. The summed E-state index contributed by atoms with van der Waals surface area (Å²) >= 11 is 1.44. The third kappa shape index (κ3) is 3.47. The van der Waals surface area contributed by atoms with E-state index in [9.17, 15) is 4.79 Å². The van der Waals surface area contributed by atoms with E-state index in [0.29, 0.717) is 18.8 Å². The van der Waals surface area contributed by atoms with E-state index < -0.39 is 0 Å². The standard InChI is InChI=1S/C17H20N4OS/c1-3-9-21-13(2)18-19-17(21)23-12-16(22)20-10-8-14-6-4-5-7-15(14)11-20/h3-7H,1,8-12H2,2H3. The summed E-state index contributed by atoms with van der Waals surface area (Å²) in [5.41, 5.74) is 2.60. The number of amides is 1. The second kappa shape index (κ2) is 7.00. The van der Waals surface area contributed by atoms with E-state index in [0.717, 1.165) is 23.9 Å². The predicted octanol–water partition coefficient (Wildman–Crippen LogP) is 2.45. The summed E-state index contributed by atoms with van der Waals surface area (Å²) in [6, 6.07) is 8.33. The quantitative estimate of drug-likeness (QED) is 0.625. The minimum Gasteiger partial charge on any atom is -0.337 e. The number of benzene rings is 1. The van der Waals surface area contributed by atoms with Crippen molar-refractivity contribution in [3.63, 3.8) is 0 Å². The molecule has 0 unspecified atom stereocenters. The van der Waals surface area contributed by atoms with Crippen LogP contribution in [0.2, 0.25) is 0 Å². The molecule has 120 valence electrons. The fourth-order valence-corrected chi connectivity index (χ4v) is 3.63. The van der Waals surface area contributed by atoms with Gasteiger partial charge in [0.1, 0.15) is 5.82 Å². The lowest BCUT2D eigenvalue weighted by atomic mass is 10.00. The SMILES string of the molecule is C=CCn1c(C)nnc1SCC(=O)N1CCc2ccccc2C1. The lowest BCUT2D eigenvalue weighted by Gasteiger charge is -2.28. The molecule has 0 atom stereocenters. The molecule has 0 aliphatic carbocycles. The van der Waals surface area contributed by atoms with Crippen LogP contribution in [0.5, 0.6) is 0 Å². The van der Waals surface area contributed by atoms with E-state index in [2.05, 4.69) is 35.0 Å². The molecular weight excluding hydrogens is 308 g/mol. The molecule has 5 nitrogen and oxygen atoms in total. The Morgan fingerprint density at radius 2 is 2.13 bits per heavy atom. The maximum atomic E-state index is 12.5. The van der Waals surface area contributed by atoms with Gasteiger partial charge < -0.3 is 9.47 Å². The highest BCUT2D eigenvalue weighted by Gasteiger charge is 2.21. The van der Waals surface area contributed by atoms with Gasteiger partial charge in [-0.2, -0.15) is 0 Å². The number of aromatic nitrogens is 3. The molecule has 1 amide bonds. The third-order valence-corrected chi connectivity index (χ3v) is 4.97. The topological polar surface area (TPSA) is 51.0 Å². The average Bonchev–Trinajstić information content (AvgIpc) is 2.93. The van der Waals surface area contributed by atoms with Crippen molar-refractivity contribution in [1.29, 1.82) is 0 Å². The number of hydrogen-bond donors (Lipinski definition) is 0. The zero-order valence-corrected chi connectivity index (χ0v) is 14.1. The Kier molecular flexibility index (Phi) is 4.81. The van der Waals surface area contributed by atoms with Gasteiger partial charge in [-0.1, -0.05) is 42.1 Å². The number of carbonyl (C=O) groups is 1. The number of thioether (sulfide) groups is 1. The van der Waals surface area contributed by atoms with Gasteiger partial charge in [0.15, 0.2) is 5.16 Å². The summed E-state index contributed by atoms with van der Waals surface area (Å²) in [6.45, 7) is 7.80. The second-order valence-corrected chi connectivity index (χ2v) is 6.49. The lowest BCUT2D eigenvalue weighted by molar-refractivity contribution is -0.129. The van der Waals surface area contributed by atoms with Gasteiger partial charge in [-0.15, -0.1) is 16.8 Å². The van der Waals surface area contributed by atoms with Crippen molar-refractivity contribution in [1.82, 2.24) is 19.7 Å². The Morgan fingerprint density at radius 3 is 2.91 bits per heavy atom. The first-order chi connectivity index (χ1) is 11.2. The summed E-state index contributed by atoms with van der Waals surface area (Å²) < 4.78 is 1.97. The first kappa shape index (κ1) is 15.8. The molecule has 2 heterocycles. The van der Waals surface area contributed by atoms with E-state index in [1.807, 2.05) is 28.5 Å². The smallest absolute Gasteiger partial charge is 0.233 e. The molecule has 0 bridgehead atoms. The monoisotopic (exact) mass is 328 g/mol. The Labute approximate surface area is 140 Å². The van der Waals surface area contributed by atoms with Crippen molar-refractivity contribution in [3.05, 3.63) is 53.9 Å². The van der Waals surface area contributed by atoms with Crippen LogP contribution < -0.4 is 0 Å². The molecule has 0 saturated heterocycles. The van der Waals surface area contributed by atoms with E-state index in [4.69, 9.17) is 0 Å². The summed E-state index contributed by atoms with van der Waals surface area (Å²) in [4.78, 5) is 14.4. The minimum atomic E-state index is 0.148. The molecule has 0 saturated carbocycles. The van der Waals surface area contributed by atoms with Gasteiger partial charge >= 0.3 is 0 Å². The van der Waals surface area contributed by atoms with Crippen LogP contribution in [0.4, 0.5) is 0 Å². The number of aryl methyl sites for hydroxylation is 1. The van der Waals surface area contributed by atoms with E-state index >= 15 is 0 Å². The van der Waals surface area contributed by atoms with Crippen LogP contribution in [0, 0.1) is 6.92 Å². The maximum Gasteiger partial charge on any atom is 0.233 e. The second-order valence-electron chi connectivity index (χ2n) is 5.55. The van der Waals surface area contributed by atoms with Crippen LogP contribution in [0.15, 0.2) is 42.1 Å². The zero-order chi connectivity index (χ0) is 16.2. The number of hydrogen-bond acceptors (Lipinski definition) is 4. The number of fused-ring (bicyclic) bond motifs is 1. The first-order valence-corrected chi connectivity index (χ1v) is 8.65. The van der Waals surface area contributed by atoms with Gasteiger partial charge in [-0.25, -0.2) is 0 Å². The van der Waals surface area contributed by atoms with Crippen molar-refractivity contribution >= 4 is 17.7 Å². The molecule has 6 heteroatoms. The fourth-order valence-electron chi connectivity index (χ4n) is 2.73. The minimum absolute atomic E-state index is 0.148. The van der Waals surface area contributed by atoms with Gasteiger partial charge in [-0.3, -0.25) is 4.79 Å². The zero-order valence-electron chi connectivity index (χ0n) is 13.2. The molecule has 2 aromatic rings. The molecular formula is C17H20N4OS. The number of nitrogens with zero attached hydrogens (tertiary/aromatic N) is 4. The molecule has 0 spiro atoms. The molecule has 0 radical (unpaired) electrons. The largest absolute Gasteiger partial charge is 0.337 e. The van der Waals surface area contributed by atoms with E-state index in [1.165, 1.54) is 22.9 Å². The maximum absolute atomic E-state index is 12.5. The van der Waals surface area contributed by atoms with Crippen LogP contribution in [0.25, 0.3) is 0 Å². The highest BCUT2D eigenvalue weighted by molar-refractivity contribution is 7.99. The average molecular weight is 328 g/mol. The Balaban J connectivity index is 1.61. The van der Waals surface area contributed by atoms with Crippen molar-refractivity contribution < 1.29 is 4.79 Å². The Hall–Kier alpha value is -2.08. The lowest BCUT2D eigenvalue weighted by Crippen LogP contribution is -2.37. The van der Waals surface area contributed by atoms with Gasteiger partial charge in [-0.05, 0) is 24.5 Å². The molecule has 1 aromatic carbocycles. The normalized spacial score (nSPS) is 13.7. The molecule has 3 rings (SSSR count). The van der Waals surface area contributed by atoms with Crippen LogP contribution in [-0.2, 0) is 24.3 Å². The fraction of sp³-hybridized carbons (Fsp3) is 0.353. The Bertz CT molecular complexity index is 725. The molecule has 1 aliphatic rings. The predicted molar refractivity (Wildman–Crippen MR) is 91.2 cm³/mol. The third-order valence-electron chi connectivity index (χ3n) is 4.02. The number of allylic oxidation sites excluding steroid dienone is 1. The van der Waals surface area contributed by atoms with Crippen LogP contribution in [0.1, 0.15) is 17.0 Å². The van der Waals surface area contributed by atoms with Crippen molar-refractivity contribution in [2.24, 2.45) is 0 Å². The molecule has 0 fully saturated rings. The van der Waals surface area contributed by atoms with Crippen LogP contribution >= 0.6 is 11.8 Å². The molecule has 1 aromatic heterocycles.